The third-order valence-corrected chi connectivity index (χ3v) is 1.61. The van der Waals surface area contributed by atoms with Crippen molar-refractivity contribution in [1.82, 2.24) is 0 Å². The number of carbonyl (C=O) groups is 1. The maximum atomic E-state index is 10.6. The van der Waals surface area contributed by atoms with Crippen LogP contribution in [0.2, 0.25) is 0 Å². The maximum absolute atomic E-state index is 10.6. The largest absolute Gasteiger partial charge is 0.463 e. The van der Waals surface area contributed by atoms with Crippen LogP contribution in [-0.4, -0.2) is 48.7 Å². The molecule has 0 aliphatic carbocycles. The zero-order valence-electron chi connectivity index (χ0n) is 8.72. The van der Waals surface area contributed by atoms with Crippen molar-refractivity contribution in [3.8, 4) is 0 Å². The summed E-state index contributed by atoms with van der Waals surface area (Å²) in [5, 5.41) is 17.4. The highest BCUT2D eigenvalue weighted by Gasteiger charge is 2.00. The van der Waals surface area contributed by atoms with Gasteiger partial charge in [-0.15, -0.1) is 0 Å². The average molecular weight is 218 g/mol. The molecule has 0 bridgehead atoms. The molecular weight excluding hydrogens is 200 g/mol. The van der Waals surface area contributed by atoms with Crippen molar-refractivity contribution in [3.05, 3.63) is 12.7 Å². The van der Waals surface area contributed by atoms with E-state index in [1.165, 1.54) is 0 Å². The molecule has 88 valence electrons. The summed E-state index contributed by atoms with van der Waals surface area (Å²) < 4.78 is 9.79. The number of carbonyl (C=O) groups excluding carboxylic acids is 1. The lowest BCUT2D eigenvalue weighted by atomic mass is 10.3. The fourth-order valence-electron chi connectivity index (χ4n) is 0.810. The molecule has 0 saturated heterocycles. The van der Waals surface area contributed by atoms with Crippen LogP contribution in [0.5, 0.6) is 0 Å². The first-order chi connectivity index (χ1) is 7.20. The number of hydrogen-bond donors (Lipinski definition) is 2. The minimum atomic E-state index is -0.816. The molecule has 0 fully saturated rings. The van der Waals surface area contributed by atoms with Gasteiger partial charge in [0.1, 0.15) is 6.10 Å². The highest BCUT2D eigenvalue weighted by atomic mass is 16.5. The molecule has 1 unspecified atom stereocenters. The average Bonchev–Trinajstić information content (AvgIpc) is 2.26. The van der Waals surface area contributed by atoms with Crippen molar-refractivity contribution in [2.24, 2.45) is 0 Å². The quantitative estimate of drug-likeness (QED) is 0.320. The van der Waals surface area contributed by atoms with E-state index < -0.39 is 12.1 Å². The number of esters is 1. The predicted octanol–water partition coefficient (Wildman–Crippen LogP) is -0.134. The highest BCUT2D eigenvalue weighted by Crippen LogP contribution is 1.93. The third kappa shape index (κ3) is 9.40. The Bertz CT molecular complexity index is 181. The number of rotatable bonds is 9. The molecule has 0 heterocycles. The van der Waals surface area contributed by atoms with Gasteiger partial charge in [-0.25, -0.2) is 4.79 Å². The molecule has 0 saturated carbocycles. The fourth-order valence-corrected chi connectivity index (χ4v) is 0.810. The van der Waals surface area contributed by atoms with E-state index in [0.29, 0.717) is 19.6 Å². The number of aliphatic hydroxyl groups excluding tert-OH is 2. The molecular formula is C10H18O5. The molecule has 0 aliphatic heterocycles. The van der Waals surface area contributed by atoms with Crippen LogP contribution in [0.4, 0.5) is 0 Å². The molecule has 0 aromatic rings. The summed E-state index contributed by atoms with van der Waals surface area (Å²) >= 11 is 0. The molecule has 0 aromatic carbocycles. The Labute approximate surface area is 89.3 Å². The lowest BCUT2D eigenvalue weighted by molar-refractivity contribution is -0.137. The van der Waals surface area contributed by atoms with Gasteiger partial charge < -0.3 is 19.7 Å². The van der Waals surface area contributed by atoms with Gasteiger partial charge in [0.05, 0.1) is 19.8 Å². The molecule has 0 amide bonds. The first-order valence-corrected chi connectivity index (χ1v) is 4.86. The summed E-state index contributed by atoms with van der Waals surface area (Å²) in [6.07, 6.45) is 1.74. The van der Waals surface area contributed by atoms with Gasteiger partial charge in [-0.05, 0) is 12.8 Å². The Morgan fingerprint density at radius 2 is 2.07 bits per heavy atom. The summed E-state index contributed by atoms with van der Waals surface area (Å²) in [6.45, 7) is 3.92. The van der Waals surface area contributed by atoms with Crippen molar-refractivity contribution < 1.29 is 24.5 Å². The zero-order valence-corrected chi connectivity index (χ0v) is 8.72. The van der Waals surface area contributed by atoms with Crippen LogP contribution in [0.15, 0.2) is 12.7 Å². The van der Waals surface area contributed by atoms with E-state index >= 15 is 0 Å². The van der Waals surface area contributed by atoms with E-state index in [1.54, 1.807) is 0 Å². The maximum Gasteiger partial charge on any atom is 0.330 e. The van der Waals surface area contributed by atoms with E-state index in [4.69, 9.17) is 19.7 Å². The van der Waals surface area contributed by atoms with Gasteiger partial charge in [0.2, 0.25) is 0 Å². The van der Waals surface area contributed by atoms with Crippen LogP contribution in [0.25, 0.3) is 0 Å². The van der Waals surface area contributed by atoms with E-state index in [2.05, 4.69) is 6.58 Å². The van der Waals surface area contributed by atoms with Crippen LogP contribution in [0.1, 0.15) is 12.8 Å². The highest BCUT2D eigenvalue weighted by molar-refractivity contribution is 5.81. The SMILES string of the molecule is C=CC(=O)OCCCCOCC(O)CO. The molecule has 0 radical (unpaired) electrons. The van der Waals surface area contributed by atoms with Gasteiger partial charge in [0, 0.05) is 12.7 Å². The van der Waals surface area contributed by atoms with Gasteiger partial charge in [0.25, 0.3) is 0 Å². The Balaban J connectivity index is 3.11. The van der Waals surface area contributed by atoms with Crippen molar-refractivity contribution in [3.63, 3.8) is 0 Å². The number of aliphatic hydroxyl groups is 2. The number of ether oxygens (including phenoxy) is 2. The van der Waals surface area contributed by atoms with Gasteiger partial charge in [-0.1, -0.05) is 6.58 Å². The van der Waals surface area contributed by atoms with Crippen molar-refractivity contribution in [2.75, 3.05) is 26.4 Å². The second-order valence-electron chi connectivity index (χ2n) is 2.99. The smallest absolute Gasteiger partial charge is 0.330 e. The Morgan fingerprint density at radius 3 is 2.67 bits per heavy atom. The molecule has 15 heavy (non-hydrogen) atoms. The van der Waals surface area contributed by atoms with Crippen LogP contribution >= 0.6 is 0 Å². The van der Waals surface area contributed by atoms with Gasteiger partial charge in [-0.2, -0.15) is 0 Å². The molecule has 5 heteroatoms. The van der Waals surface area contributed by atoms with Crippen LogP contribution in [0, 0.1) is 0 Å². The standard InChI is InChI=1S/C10H18O5/c1-2-10(13)15-6-4-3-5-14-8-9(12)7-11/h2,9,11-12H,1,3-8H2. The second-order valence-corrected chi connectivity index (χ2v) is 2.99. The van der Waals surface area contributed by atoms with Crippen LogP contribution < -0.4 is 0 Å². The predicted molar refractivity (Wildman–Crippen MR) is 54.3 cm³/mol. The molecule has 0 spiro atoms. The minimum absolute atomic E-state index is 0.128. The summed E-state index contributed by atoms with van der Waals surface area (Å²) in [4.78, 5) is 10.6. The van der Waals surface area contributed by atoms with E-state index in [9.17, 15) is 4.79 Å². The minimum Gasteiger partial charge on any atom is -0.463 e. The summed E-state index contributed by atoms with van der Waals surface area (Å²) in [5.74, 6) is -0.424. The molecule has 1 atom stereocenters. The Kier molecular flexibility index (Phi) is 9.05. The van der Waals surface area contributed by atoms with Crippen LogP contribution in [0.3, 0.4) is 0 Å². The van der Waals surface area contributed by atoms with Gasteiger partial charge >= 0.3 is 5.97 Å². The van der Waals surface area contributed by atoms with Crippen molar-refractivity contribution in [2.45, 2.75) is 18.9 Å². The zero-order chi connectivity index (χ0) is 11.5. The second kappa shape index (κ2) is 9.64. The van der Waals surface area contributed by atoms with Crippen LogP contribution in [-0.2, 0) is 14.3 Å². The molecule has 0 rings (SSSR count). The molecule has 0 aliphatic rings. The van der Waals surface area contributed by atoms with E-state index in [0.717, 1.165) is 12.5 Å². The summed E-state index contributed by atoms with van der Waals surface area (Å²) in [7, 11) is 0. The molecule has 5 nitrogen and oxygen atoms in total. The normalized spacial score (nSPS) is 12.1. The lowest BCUT2D eigenvalue weighted by Gasteiger charge is -2.07. The van der Waals surface area contributed by atoms with Gasteiger partial charge in [-0.3, -0.25) is 0 Å². The monoisotopic (exact) mass is 218 g/mol. The first kappa shape index (κ1) is 14.1. The fraction of sp³-hybridized carbons (Fsp3) is 0.700. The molecule has 2 N–H and O–H groups in total. The number of hydrogen-bond acceptors (Lipinski definition) is 5. The van der Waals surface area contributed by atoms with Crippen molar-refractivity contribution in [1.29, 1.82) is 0 Å². The summed E-state index contributed by atoms with van der Waals surface area (Å²) in [6, 6.07) is 0. The number of unbranched alkanes of at least 4 members (excludes halogenated alkanes) is 1. The van der Waals surface area contributed by atoms with E-state index in [1.807, 2.05) is 0 Å². The topological polar surface area (TPSA) is 76.0 Å². The third-order valence-electron chi connectivity index (χ3n) is 1.61. The summed E-state index contributed by atoms with van der Waals surface area (Å²) in [5.41, 5.74) is 0. The van der Waals surface area contributed by atoms with Crippen molar-refractivity contribution >= 4 is 5.97 Å². The van der Waals surface area contributed by atoms with Gasteiger partial charge in [0.15, 0.2) is 0 Å². The lowest BCUT2D eigenvalue weighted by Crippen LogP contribution is -2.19. The Morgan fingerprint density at radius 1 is 1.40 bits per heavy atom. The first-order valence-electron chi connectivity index (χ1n) is 4.86. The Hall–Kier alpha value is -0.910. The molecule has 0 aromatic heterocycles. The van der Waals surface area contributed by atoms with E-state index in [-0.39, 0.29) is 13.2 Å².